The second kappa shape index (κ2) is 3.51. The zero-order chi connectivity index (χ0) is 8.10. The van der Waals surface area contributed by atoms with Crippen LogP contribution in [0.3, 0.4) is 0 Å². The molecule has 1 heterocycles. The summed E-state index contributed by atoms with van der Waals surface area (Å²) in [7, 11) is 0. The number of rotatable bonds is 2. The monoisotopic (exact) mass is 149 g/mol. The molecule has 1 rings (SSSR count). The molecule has 0 aliphatic rings. The van der Waals surface area contributed by atoms with Crippen molar-refractivity contribution >= 4 is 5.97 Å². The van der Waals surface area contributed by atoms with Crippen LogP contribution in [0.2, 0.25) is 0 Å². The average molecular weight is 149 g/mol. The molecule has 0 aromatic carbocycles. The summed E-state index contributed by atoms with van der Waals surface area (Å²) < 4.78 is 4.74. The molecule has 0 saturated heterocycles. The molecule has 0 saturated carbocycles. The molecule has 3 heteroatoms. The highest BCUT2D eigenvalue weighted by Gasteiger charge is 1.96. The van der Waals surface area contributed by atoms with E-state index in [2.05, 4.69) is 11.6 Å². The van der Waals surface area contributed by atoms with Crippen molar-refractivity contribution in [2.45, 2.75) is 0 Å². The molecule has 0 spiro atoms. The van der Waals surface area contributed by atoms with Crippen LogP contribution in [0.25, 0.3) is 0 Å². The van der Waals surface area contributed by atoms with E-state index >= 15 is 0 Å². The number of nitrogens with zero attached hydrogens (tertiary/aromatic N) is 1. The van der Waals surface area contributed by atoms with Crippen LogP contribution in [0.4, 0.5) is 0 Å². The summed E-state index contributed by atoms with van der Waals surface area (Å²) in [4.78, 5) is 14.4. The van der Waals surface area contributed by atoms with E-state index in [-0.39, 0.29) is 0 Å². The minimum Gasteiger partial charge on any atom is -0.422 e. The molecule has 0 bridgehead atoms. The fourth-order valence-electron chi connectivity index (χ4n) is 0.565. The minimum atomic E-state index is -0.474. The molecule has 3 nitrogen and oxygen atoms in total. The van der Waals surface area contributed by atoms with Crippen molar-refractivity contribution in [3.63, 3.8) is 0 Å². The first-order chi connectivity index (χ1) is 5.33. The first kappa shape index (κ1) is 7.47. The van der Waals surface area contributed by atoms with Gasteiger partial charge in [0.15, 0.2) is 0 Å². The maximum absolute atomic E-state index is 10.6. The minimum absolute atomic E-state index is 0.428. The molecule has 56 valence electrons. The molecule has 0 radical (unpaired) electrons. The van der Waals surface area contributed by atoms with Gasteiger partial charge in [0.2, 0.25) is 0 Å². The second-order valence-electron chi connectivity index (χ2n) is 1.81. The zero-order valence-electron chi connectivity index (χ0n) is 5.86. The Balaban J connectivity index is 2.65. The molecular formula is C8H7NO2. The van der Waals surface area contributed by atoms with Gasteiger partial charge < -0.3 is 4.74 Å². The molecule has 11 heavy (non-hydrogen) atoms. The van der Waals surface area contributed by atoms with Gasteiger partial charge in [-0.2, -0.15) is 0 Å². The molecule has 1 aromatic rings. The molecule has 1 aromatic heterocycles. The van der Waals surface area contributed by atoms with Crippen LogP contribution in [0.15, 0.2) is 37.2 Å². The highest BCUT2D eigenvalue weighted by atomic mass is 16.5. The molecular weight excluding hydrogens is 142 g/mol. The maximum Gasteiger partial charge on any atom is 0.335 e. The normalized spacial score (nSPS) is 8.73. The largest absolute Gasteiger partial charge is 0.422 e. The number of ether oxygens (including phenoxy) is 1. The van der Waals surface area contributed by atoms with Crippen molar-refractivity contribution in [3.8, 4) is 5.75 Å². The van der Waals surface area contributed by atoms with E-state index in [1.807, 2.05) is 0 Å². The number of hydrogen-bond acceptors (Lipinski definition) is 3. The van der Waals surface area contributed by atoms with Crippen molar-refractivity contribution < 1.29 is 9.53 Å². The summed E-state index contributed by atoms with van der Waals surface area (Å²) in [6, 6.07) is 3.33. The third-order valence-corrected chi connectivity index (χ3v) is 1.02. The van der Waals surface area contributed by atoms with Gasteiger partial charge in [0, 0.05) is 12.3 Å². The Bertz CT molecular complexity index is 256. The van der Waals surface area contributed by atoms with Crippen LogP contribution >= 0.6 is 0 Å². The van der Waals surface area contributed by atoms with E-state index < -0.39 is 5.97 Å². The van der Waals surface area contributed by atoms with Crippen molar-refractivity contribution in [3.05, 3.63) is 37.2 Å². The Hall–Kier alpha value is -1.64. The van der Waals surface area contributed by atoms with Gasteiger partial charge in [-0.1, -0.05) is 6.58 Å². The number of hydrogen-bond donors (Lipinski definition) is 0. The summed E-state index contributed by atoms with van der Waals surface area (Å²) in [6.07, 6.45) is 4.17. The number of carbonyl (C=O) groups is 1. The smallest absolute Gasteiger partial charge is 0.335 e. The van der Waals surface area contributed by atoms with Crippen LogP contribution in [0, 0.1) is 0 Å². The average Bonchev–Trinajstić information content (AvgIpc) is 2.06. The zero-order valence-corrected chi connectivity index (χ0v) is 5.86. The van der Waals surface area contributed by atoms with Crippen LogP contribution in [-0.4, -0.2) is 11.0 Å². The third-order valence-electron chi connectivity index (χ3n) is 1.02. The van der Waals surface area contributed by atoms with Gasteiger partial charge in [0.05, 0.1) is 6.20 Å². The van der Waals surface area contributed by atoms with Crippen molar-refractivity contribution in [2.75, 3.05) is 0 Å². The van der Waals surface area contributed by atoms with Gasteiger partial charge in [-0.3, -0.25) is 4.98 Å². The summed E-state index contributed by atoms with van der Waals surface area (Å²) in [5.41, 5.74) is 0. The van der Waals surface area contributed by atoms with Gasteiger partial charge in [-0.05, 0) is 12.1 Å². The van der Waals surface area contributed by atoms with Crippen LogP contribution in [-0.2, 0) is 4.79 Å². The van der Waals surface area contributed by atoms with E-state index in [0.29, 0.717) is 5.75 Å². The Morgan fingerprint density at radius 1 is 1.73 bits per heavy atom. The molecule has 0 unspecified atom stereocenters. The molecule has 0 aliphatic carbocycles. The number of esters is 1. The first-order valence-electron chi connectivity index (χ1n) is 3.07. The van der Waals surface area contributed by atoms with Crippen LogP contribution < -0.4 is 4.74 Å². The Morgan fingerprint density at radius 3 is 3.09 bits per heavy atom. The van der Waals surface area contributed by atoms with Crippen LogP contribution in [0.5, 0.6) is 5.75 Å². The lowest BCUT2D eigenvalue weighted by atomic mass is 10.5. The van der Waals surface area contributed by atoms with E-state index in [9.17, 15) is 4.79 Å². The summed E-state index contributed by atoms with van der Waals surface area (Å²) >= 11 is 0. The topological polar surface area (TPSA) is 39.2 Å². The molecule has 0 atom stereocenters. The molecule has 0 N–H and O–H groups in total. The van der Waals surface area contributed by atoms with Gasteiger partial charge in [0.25, 0.3) is 0 Å². The quantitative estimate of drug-likeness (QED) is 0.468. The van der Waals surface area contributed by atoms with Crippen molar-refractivity contribution in [1.29, 1.82) is 0 Å². The molecule has 0 aliphatic heterocycles. The van der Waals surface area contributed by atoms with Crippen molar-refractivity contribution in [1.82, 2.24) is 4.98 Å². The fourth-order valence-corrected chi connectivity index (χ4v) is 0.565. The van der Waals surface area contributed by atoms with Gasteiger partial charge in [-0.25, -0.2) is 4.79 Å². The lowest BCUT2D eigenvalue weighted by Crippen LogP contribution is -2.02. The van der Waals surface area contributed by atoms with Gasteiger partial charge in [-0.15, -0.1) is 0 Å². The standard InChI is InChI=1S/C8H7NO2/c1-2-8(10)11-7-4-3-5-9-6-7/h2-6H,1H2. The Kier molecular flexibility index (Phi) is 2.38. The molecule has 0 fully saturated rings. The lowest BCUT2D eigenvalue weighted by molar-refractivity contribution is -0.128. The predicted octanol–water partition coefficient (Wildman–Crippen LogP) is 1.17. The Labute approximate surface area is 64.3 Å². The number of carbonyl (C=O) groups excluding carboxylic acids is 1. The van der Waals surface area contributed by atoms with Crippen LogP contribution in [0.1, 0.15) is 0 Å². The highest BCUT2D eigenvalue weighted by Crippen LogP contribution is 2.05. The summed E-state index contributed by atoms with van der Waals surface area (Å²) in [5, 5.41) is 0. The number of pyridine rings is 1. The fraction of sp³-hybridized carbons (Fsp3) is 0. The molecule has 0 amide bonds. The summed E-state index contributed by atoms with van der Waals surface area (Å²) in [5.74, 6) is -0.0459. The van der Waals surface area contributed by atoms with E-state index in [1.165, 1.54) is 6.20 Å². The van der Waals surface area contributed by atoms with E-state index in [1.54, 1.807) is 18.3 Å². The maximum atomic E-state index is 10.6. The van der Waals surface area contributed by atoms with E-state index in [0.717, 1.165) is 6.08 Å². The van der Waals surface area contributed by atoms with Gasteiger partial charge in [0.1, 0.15) is 5.75 Å². The predicted molar refractivity (Wildman–Crippen MR) is 40.1 cm³/mol. The second-order valence-corrected chi connectivity index (χ2v) is 1.81. The van der Waals surface area contributed by atoms with Gasteiger partial charge >= 0.3 is 5.97 Å². The SMILES string of the molecule is C=CC(=O)Oc1cccnc1. The number of aromatic nitrogens is 1. The Morgan fingerprint density at radius 2 is 2.55 bits per heavy atom. The highest BCUT2D eigenvalue weighted by molar-refractivity contribution is 5.83. The lowest BCUT2D eigenvalue weighted by Gasteiger charge is -1.97. The third kappa shape index (κ3) is 2.21. The summed E-state index contributed by atoms with van der Waals surface area (Å²) in [6.45, 7) is 3.26. The first-order valence-corrected chi connectivity index (χ1v) is 3.07. The van der Waals surface area contributed by atoms with E-state index in [4.69, 9.17) is 4.74 Å². The van der Waals surface area contributed by atoms with Crippen molar-refractivity contribution in [2.24, 2.45) is 0 Å².